The summed E-state index contributed by atoms with van der Waals surface area (Å²) in [5.74, 6) is 0.678. The zero-order valence-corrected chi connectivity index (χ0v) is 12.5. The van der Waals surface area contributed by atoms with E-state index in [1.54, 1.807) is 24.8 Å². The summed E-state index contributed by atoms with van der Waals surface area (Å²) in [6.45, 7) is 3.58. The molecule has 1 saturated heterocycles. The third kappa shape index (κ3) is 3.58. The second-order valence-corrected chi connectivity index (χ2v) is 5.51. The summed E-state index contributed by atoms with van der Waals surface area (Å²) < 4.78 is 5.84. The summed E-state index contributed by atoms with van der Waals surface area (Å²) in [7, 11) is 0. The molecule has 0 aliphatic carbocycles. The number of rotatable bonds is 3. The van der Waals surface area contributed by atoms with Crippen LogP contribution in [0.4, 0.5) is 5.95 Å². The molecule has 1 aliphatic heterocycles. The van der Waals surface area contributed by atoms with E-state index < -0.39 is 0 Å². The normalized spacial score (nSPS) is 18.6. The van der Waals surface area contributed by atoms with E-state index in [-0.39, 0.29) is 6.10 Å². The lowest BCUT2D eigenvalue weighted by Gasteiger charge is -2.32. The van der Waals surface area contributed by atoms with E-state index in [2.05, 4.69) is 24.8 Å². The van der Waals surface area contributed by atoms with Gasteiger partial charge in [0.15, 0.2) is 0 Å². The summed E-state index contributed by atoms with van der Waals surface area (Å²) in [4.78, 5) is 19.0. The predicted molar refractivity (Wildman–Crippen MR) is 79.7 cm³/mol. The molecule has 2 aromatic heterocycles. The highest BCUT2D eigenvalue weighted by Crippen LogP contribution is 2.19. The molecular formula is C14H16ClN5O. The monoisotopic (exact) mass is 305 g/mol. The van der Waals surface area contributed by atoms with E-state index in [1.165, 1.54) is 0 Å². The Morgan fingerprint density at radius 3 is 2.57 bits per heavy atom. The fourth-order valence-corrected chi connectivity index (χ4v) is 2.37. The second kappa shape index (κ2) is 6.22. The summed E-state index contributed by atoms with van der Waals surface area (Å²) in [6, 6.07) is 0.421. The van der Waals surface area contributed by atoms with Crippen molar-refractivity contribution in [3.63, 3.8) is 0 Å². The van der Waals surface area contributed by atoms with Crippen molar-refractivity contribution < 1.29 is 4.74 Å². The minimum Gasteiger partial charge on any atom is -0.458 e. The zero-order chi connectivity index (χ0) is 14.7. The molecule has 3 rings (SSSR count). The third-order valence-corrected chi connectivity index (χ3v) is 3.49. The molecular weight excluding hydrogens is 290 g/mol. The lowest BCUT2D eigenvalue weighted by molar-refractivity contribution is 0.164. The van der Waals surface area contributed by atoms with Crippen molar-refractivity contribution in [3.8, 4) is 6.01 Å². The first kappa shape index (κ1) is 14.0. The highest BCUT2D eigenvalue weighted by molar-refractivity contribution is 6.30. The number of anilines is 1. The number of hydrogen-bond donors (Lipinski definition) is 0. The van der Waals surface area contributed by atoms with Crippen molar-refractivity contribution in [3.05, 3.63) is 35.4 Å². The summed E-state index contributed by atoms with van der Waals surface area (Å²) in [5, 5.41) is 0.539. The van der Waals surface area contributed by atoms with Gasteiger partial charge in [-0.05, 0) is 25.3 Å². The Bertz CT molecular complexity index is 589. The molecule has 1 aliphatic rings. The minimum atomic E-state index is 0.0423. The van der Waals surface area contributed by atoms with Crippen LogP contribution < -0.4 is 9.64 Å². The van der Waals surface area contributed by atoms with Gasteiger partial charge >= 0.3 is 6.01 Å². The lowest BCUT2D eigenvalue weighted by Crippen LogP contribution is -2.42. The van der Waals surface area contributed by atoms with Crippen molar-refractivity contribution in [2.45, 2.75) is 25.9 Å². The molecule has 7 heteroatoms. The van der Waals surface area contributed by atoms with Crippen LogP contribution in [-0.2, 0) is 0 Å². The van der Waals surface area contributed by atoms with E-state index in [4.69, 9.17) is 16.3 Å². The molecule has 1 fully saturated rings. The molecule has 1 atom stereocenters. The molecule has 0 saturated carbocycles. The number of aryl methyl sites for hydroxylation is 1. The Labute approximate surface area is 128 Å². The molecule has 21 heavy (non-hydrogen) atoms. The van der Waals surface area contributed by atoms with Gasteiger partial charge in [-0.15, -0.1) is 0 Å². The van der Waals surface area contributed by atoms with Crippen LogP contribution in [0.3, 0.4) is 0 Å². The largest absolute Gasteiger partial charge is 0.458 e. The van der Waals surface area contributed by atoms with Crippen LogP contribution >= 0.6 is 11.6 Å². The zero-order valence-electron chi connectivity index (χ0n) is 11.7. The Kier molecular flexibility index (Phi) is 4.15. The van der Waals surface area contributed by atoms with Crippen LogP contribution in [0.2, 0.25) is 5.02 Å². The van der Waals surface area contributed by atoms with E-state index in [0.717, 1.165) is 31.5 Å². The number of halogens is 1. The van der Waals surface area contributed by atoms with Gasteiger partial charge in [-0.3, -0.25) is 0 Å². The van der Waals surface area contributed by atoms with Gasteiger partial charge in [0.2, 0.25) is 5.95 Å². The van der Waals surface area contributed by atoms with E-state index in [0.29, 0.717) is 17.0 Å². The SMILES string of the molecule is Cc1cnc(OC2CCCN(c3ncc(Cl)cn3)C2)nc1. The van der Waals surface area contributed by atoms with E-state index in [1.807, 2.05) is 6.92 Å². The van der Waals surface area contributed by atoms with Crippen LogP contribution in [0.1, 0.15) is 18.4 Å². The van der Waals surface area contributed by atoms with Gasteiger partial charge in [-0.2, -0.15) is 0 Å². The predicted octanol–water partition coefficient (Wildman–Crippen LogP) is 2.28. The molecule has 110 valence electrons. The highest BCUT2D eigenvalue weighted by Gasteiger charge is 2.23. The molecule has 0 amide bonds. The molecule has 0 N–H and O–H groups in total. The number of ether oxygens (including phenoxy) is 1. The van der Waals surface area contributed by atoms with Crippen LogP contribution in [0.15, 0.2) is 24.8 Å². The third-order valence-electron chi connectivity index (χ3n) is 3.30. The molecule has 3 heterocycles. The number of piperidine rings is 1. The number of hydrogen-bond acceptors (Lipinski definition) is 6. The molecule has 2 aromatic rings. The average Bonchev–Trinajstić information content (AvgIpc) is 2.51. The van der Waals surface area contributed by atoms with Gasteiger partial charge in [0.1, 0.15) is 6.10 Å². The van der Waals surface area contributed by atoms with Crippen molar-refractivity contribution in [2.24, 2.45) is 0 Å². The fraction of sp³-hybridized carbons (Fsp3) is 0.429. The van der Waals surface area contributed by atoms with Crippen LogP contribution in [0.5, 0.6) is 6.01 Å². The smallest absolute Gasteiger partial charge is 0.316 e. The highest BCUT2D eigenvalue weighted by atomic mass is 35.5. The maximum absolute atomic E-state index is 5.84. The Morgan fingerprint density at radius 2 is 1.86 bits per heavy atom. The molecule has 0 aromatic carbocycles. The van der Waals surface area contributed by atoms with E-state index >= 15 is 0 Å². The van der Waals surface area contributed by atoms with Gasteiger partial charge in [0, 0.05) is 18.9 Å². The van der Waals surface area contributed by atoms with Gasteiger partial charge in [-0.1, -0.05) is 11.6 Å². The molecule has 1 unspecified atom stereocenters. The minimum absolute atomic E-state index is 0.0423. The fourth-order valence-electron chi connectivity index (χ4n) is 2.28. The summed E-state index contributed by atoms with van der Waals surface area (Å²) >= 11 is 5.81. The van der Waals surface area contributed by atoms with Crippen LogP contribution in [0, 0.1) is 6.92 Å². The van der Waals surface area contributed by atoms with Crippen LogP contribution in [0.25, 0.3) is 0 Å². The molecule has 0 radical (unpaired) electrons. The van der Waals surface area contributed by atoms with Gasteiger partial charge in [-0.25, -0.2) is 19.9 Å². The van der Waals surface area contributed by atoms with Crippen molar-refractivity contribution in [2.75, 3.05) is 18.0 Å². The summed E-state index contributed by atoms with van der Waals surface area (Å²) in [5.41, 5.74) is 1.02. The maximum atomic E-state index is 5.84. The molecule has 6 nitrogen and oxygen atoms in total. The lowest BCUT2D eigenvalue weighted by atomic mass is 10.1. The topological polar surface area (TPSA) is 64.0 Å². The Balaban J connectivity index is 1.65. The van der Waals surface area contributed by atoms with Crippen LogP contribution in [-0.4, -0.2) is 39.1 Å². The summed E-state index contributed by atoms with van der Waals surface area (Å²) in [6.07, 6.45) is 8.76. The molecule has 0 bridgehead atoms. The van der Waals surface area contributed by atoms with Gasteiger partial charge in [0.25, 0.3) is 0 Å². The van der Waals surface area contributed by atoms with Gasteiger partial charge < -0.3 is 9.64 Å². The van der Waals surface area contributed by atoms with Gasteiger partial charge in [0.05, 0.1) is 24.0 Å². The Hall–Kier alpha value is -1.95. The molecule has 0 spiro atoms. The maximum Gasteiger partial charge on any atom is 0.316 e. The van der Waals surface area contributed by atoms with Crippen molar-refractivity contribution >= 4 is 17.5 Å². The van der Waals surface area contributed by atoms with Crippen molar-refractivity contribution in [1.82, 2.24) is 19.9 Å². The number of aromatic nitrogens is 4. The first-order chi connectivity index (χ1) is 10.2. The second-order valence-electron chi connectivity index (χ2n) is 5.07. The first-order valence-electron chi connectivity index (χ1n) is 6.88. The van der Waals surface area contributed by atoms with Crippen molar-refractivity contribution in [1.29, 1.82) is 0 Å². The standard InChI is InChI=1S/C14H16ClN5O/c1-10-5-18-14(19-6-10)21-12-3-2-4-20(9-12)13-16-7-11(15)8-17-13/h5-8,12H,2-4,9H2,1H3. The number of nitrogens with zero attached hydrogens (tertiary/aromatic N) is 5. The first-order valence-corrected chi connectivity index (χ1v) is 7.26. The Morgan fingerprint density at radius 1 is 1.14 bits per heavy atom. The average molecular weight is 306 g/mol. The van der Waals surface area contributed by atoms with E-state index in [9.17, 15) is 0 Å². The quantitative estimate of drug-likeness (QED) is 0.867.